The van der Waals surface area contributed by atoms with Gasteiger partial charge >= 0.3 is 0 Å². The fraction of sp³-hybridized carbons (Fsp3) is 0.182. The lowest BCUT2D eigenvalue weighted by atomic mass is 10.2. The van der Waals surface area contributed by atoms with E-state index in [9.17, 15) is 4.79 Å². The summed E-state index contributed by atoms with van der Waals surface area (Å²) in [5, 5.41) is 0. The van der Waals surface area contributed by atoms with Gasteiger partial charge < -0.3 is 4.90 Å². The van der Waals surface area contributed by atoms with Crippen LogP contribution in [0.5, 0.6) is 0 Å². The van der Waals surface area contributed by atoms with E-state index in [1.807, 2.05) is 30.3 Å². The molecule has 1 aliphatic heterocycles. The minimum absolute atomic E-state index is 0.0810. The number of hydrogen-bond acceptors (Lipinski definition) is 1. The first-order valence-corrected chi connectivity index (χ1v) is 5.59. The molecule has 0 aliphatic carbocycles. The van der Waals surface area contributed by atoms with Crippen LogP contribution < -0.4 is 4.90 Å². The molecule has 1 aromatic carbocycles. The van der Waals surface area contributed by atoms with Gasteiger partial charge in [-0.25, -0.2) is 0 Å². The summed E-state index contributed by atoms with van der Waals surface area (Å²) in [4.78, 5) is 13.3. The lowest BCUT2D eigenvalue weighted by Gasteiger charge is -2.23. The van der Waals surface area contributed by atoms with Gasteiger partial charge in [-0.15, -0.1) is 0 Å². The van der Waals surface area contributed by atoms with Crippen LogP contribution in [0.1, 0.15) is 6.42 Å². The molecule has 0 bridgehead atoms. The smallest absolute Gasteiger partial charge is 0.250 e. The second-order valence-electron chi connectivity index (χ2n) is 3.16. The number of carbonyl (C=O) groups excluding carboxylic acids is 1. The van der Waals surface area contributed by atoms with Gasteiger partial charge in [-0.1, -0.05) is 6.08 Å². The first-order valence-electron chi connectivity index (χ1n) is 4.51. The number of benzene rings is 1. The molecule has 72 valence electrons. The Hall–Kier alpha value is -0.840. The Balaban J connectivity index is 2.26. The molecule has 1 heterocycles. The van der Waals surface area contributed by atoms with Crippen molar-refractivity contribution >= 4 is 34.2 Å². The van der Waals surface area contributed by atoms with Gasteiger partial charge in [-0.2, -0.15) is 0 Å². The predicted octanol–water partition coefficient (Wildman–Crippen LogP) is 2.58. The molecule has 0 N–H and O–H groups in total. The van der Waals surface area contributed by atoms with Crippen LogP contribution in [0, 0.1) is 3.57 Å². The molecule has 0 unspecified atom stereocenters. The molecule has 2 rings (SSSR count). The van der Waals surface area contributed by atoms with Crippen LogP contribution in [0.4, 0.5) is 5.69 Å². The maximum Gasteiger partial charge on any atom is 0.250 e. The van der Waals surface area contributed by atoms with Crippen LogP contribution >= 0.6 is 22.6 Å². The van der Waals surface area contributed by atoms with Crippen LogP contribution in [0.25, 0.3) is 0 Å². The van der Waals surface area contributed by atoms with E-state index in [1.165, 1.54) is 3.57 Å². The Labute approximate surface area is 96.7 Å². The molecule has 0 atom stereocenters. The number of halogens is 1. The van der Waals surface area contributed by atoms with E-state index in [0.29, 0.717) is 0 Å². The Morgan fingerprint density at radius 1 is 1.21 bits per heavy atom. The van der Waals surface area contributed by atoms with Crippen LogP contribution in [0.3, 0.4) is 0 Å². The summed E-state index contributed by atoms with van der Waals surface area (Å²) in [6, 6.07) is 8.00. The molecule has 0 aromatic heterocycles. The summed E-state index contributed by atoms with van der Waals surface area (Å²) in [6.45, 7) is 0.788. The normalized spacial score (nSPS) is 16.1. The minimum atomic E-state index is 0.0810. The van der Waals surface area contributed by atoms with Gasteiger partial charge in [0.1, 0.15) is 0 Å². The van der Waals surface area contributed by atoms with Crippen LogP contribution in [-0.4, -0.2) is 12.5 Å². The Bertz CT molecular complexity index is 369. The summed E-state index contributed by atoms with van der Waals surface area (Å²) < 4.78 is 1.19. The maximum atomic E-state index is 11.5. The van der Waals surface area contributed by atoms with Crippen LogP contribution in [0.15, 0.2) is 36.4 Å². The fourth-order valence-corrected chi connectivity index (χ4v) is 1.82. The van der Waals surface area contributed by atoms with Gasteiger partial charge in [-0.05, 0) is 59.4 Å². The number of nitrogens with zero attached hydrogens (tertiary/aromatic N) is 1. The number of hydrogen-bond donors (Lipinski definition) is 0. The third-order valence-electron chi connectivity index (χ3n) is 2.18. The molecule has 1 aliphatic rings. The van der Waals surface area contributed by atoms with E-state index in [0.717, 1.165) is 18.7 Å². The van der Waals surface area contributed by atoms with Crippen molar-refractivity contribution in [1.29, 1.82) is 0 Å². The van der Waals surface area contributed by atoms with Crippen LogP contribution in [0.2, 0.25) is 0 Å². The molecule has 1 aromatic rings. The number of amides is 1. The van der Waals surface area contributed by atoms with Crippen molar-refractivity contribution in [2.45, 2.75) is 6.42 Å². The molecule has 0 saturated carbocycles. The highest BCUT2D eigenvalue weighted by Gasteiger charge is 2.14. The first kappa shape index (κ1) is 9.71. The van der Waals surface area contributed by atoms with Crippen molar-refractivity contribution in [2.24, 2.45) is 0 Å². The molecular weight excluding hydrogens is 289 g/mol. The molecule has 1 amide bonds. The molecule has 0 radical (unpaired) electrons. The van der Waals surface area contributed by atoms with Crippen molar-refractivity contribution in [3.8, 4) is 0 Å². The molecule has 2 nitrogen and oxygen atoms in total. The maximum absolute atomic E-state index is 11.5. The molecule has 0 saturated heterocycles. The summed E-state index contributed by atoms with van der Waals surface area (Å²) in [6.07, 6.45) is 4.50. The predicted molar refractivity (Wildman–Crippen MR) is 65.3 cm³/mol. The zero-order valence-electron chi connectivity index (χ0n) is 7.61. The minimum Gasteiger partial charge on any atom is -0.309 e. The van der Waals surface area contributed by atoms with Gasteiger partial charge in [0.2, 0.25) is 0 Å². The highest BCUT2D eigenvalue weighted by atomic mass is 127. The summed E-state index contributed by atoms with van der Waals surface area (Å²) >= 11 is 2.26. The van der Waals surface area contributed by atoms with E-state index in [-0.39, 0.29) is 5.91 Å². The SMILES string of the molecule is O=C1C=CCCN1c1ccc(I)cc1. The lowest BCUT2D eigenvalue weighted by Crippen LogP contribution is -2.32. The molecule has 3 heteroatoms. The van der Waals surface area contributed by atoms with Crippen molar-refractivity contribution in [1.82, 2.24) is 0 Å². The zero-order valence-corrected chi connectivity index (χ0v) is 9.77. The average molecular weight is 299 g/mol. The molecular formula is C11H10INO. The van der Waals surface area contributed by atoms with Crippen molar-refractivity contribution in [3.63, 3.8) is 0 Å². The van der Waals surface area contributed by atoms with E-state index in [2.05, 4.69) is 22.6 Å². The van der Waals surface area contributed by atoms with Crippen molar-refractivity contribution < 1.29 is 4.79 Å². The number of rotatable bonds is 1. The van der Waals surface area contributed by atoms with Crippen molar-refractivity contribution in [3.05, 3.63) is 40.0 Å². The largest absolute Gasteiger partial charge is 0.309 e. The van der Waals surface area contributed by atoms with E-state index in [4.69, 9.17) is 0 Å². The van der Waals surface area contributed by atoms with Gasteiger partial charge in [0, 0.05) is 15.8 Å². The Morgan fingerprint density at radius 3 is 2.57 bits per heavy atom. The second-order valence-corrected chi connectivity index (χ2v) is 4.40. The van der Waals surface area contributed by atoms with Gasteiger partial charge in [0.05, 0.1) is 0 Å². The zero-order chi connectivity index (χ0) is 9.97. The number of carbonyl (C=O) groups is 1. The van der Waals surface area contributed by atoms with Crippen LogP contribution in [-0.2, 0) is 4.79 Å². The monoisotopic (exact) mass is 299 g/mol. The second kappa shape index (κ2) is 4.13. The molecule has 0 fully saturated rings. The lowest BCUT2D eigenvalue weighted by molar-refractivity contribution is -0.114. The number of anilines is 1. The molecule has 14 heavy (non-hydrogen) atoms. The summed E-state index contributed by atoms with van der Waals surface area (Å²) in [5.41, 5.74) is 0.986. The average Bonchev–Trinajstić information content (AvgIpc) is 2.20. The quantitative estimate of drug-likeness (QED) is 0.730. The van der Waals surface area contributed by atoms with E-state index >= 15 is 0 Å². The van der Waals surface area contributed by atoms with Gasteiger partial charge in [-0.3, -0.25) is 4.79 Å². The topological polar surface area (TPSA) is 20.3 Å². The Morgan fingerprint density at radius 2 is 1.93 bits per heavy atom. The highest BCUT2D eigenvalue weighted by Crippen LogP contribution is 2.18. The third kappa shape index (κ3) is 1.97. The standard InChI is InChI=1S/C11H10INO/c12-9-4-6-10(7-5-9)13-8-2-1-3-11(13)14/h1,3-7H,2,8H2. The van der Waals surface area contributed by atoms with Gasteiger partial charge in [0.25, 0.3) is 5.91 Å². The summed E-state index contributed by atoms with van der Waals surface area (Å²) in [5.74, 6) is 0.0810. The molecule has 0 spiro atoms. The van der Waals surface area contributed by atoms with E-state index in [1.54, 1.807) is 11.0 Å². The summed E-state index contributed by atoms with van der Waals surface area (Å²) in [7, 11) is 0. The van der Waals surface area contributed by atoms with Gasteiger partial charge in [0.15, 0.2) is 0 Å². The first-order chi connectivity index (χ1) is 6.77. The Kier molecular flexibility index (Phi) is 2.86. The fourth-order valence-electron chi connectivity index (χ4n) is 1.47. The van der Waals surface area contributed by atoms with E-state index < -0.39 is 0 Å². The highest BCUT2D eigenvalue weighted by molar-refractivity contribution is 14.1. The third-order valence-corrected chi connectivity index (χ3v) is 2.90. The van der Waals surface area contributed by atoms with Crippen molar-refractivity contribution in [2.75, 3.05) is 11.4 Å².